The molecule has 10 aromatic carbocycles. The van der Waals surface area contributed by atoms with E-state index >= 15 is 0 Å². The molecule has 64 heavy (non-hydrogen) atoms. The van der Waals surface area contributed by atoms with Crippen molar-refractivity contribution in [2.24, 2.45) is 0 Å². The predicted molar refractivity (Wildman–Crippen MR) is 271 cm³/mol. The molecule has 1 aliphatic rings. The summed E-state index contributed by atoms with van der Waals surface area (Å²) in [5, 5.41) is 12.5. The number of nitrogens with zero attached hydrogens (tertiary/aromatic N) is 2. The Morgan fingerprint density at radius 1 is 0.391 bits per heavy atom. The largest absolute Gasteiger partial charge is 0.456 e. The molecule has 0 amide bonds. The summed E-state index contributed by atoms with van der Waals surface area (Å²) < 4.78 is 20.5. The van der Waals surface area contributed by atoms with Gasteiger partial charge in [0.15, 0.2) is 11.2 Å². The van der Waals surface area contributed by atoms with Crippen LogP contribution in [0.25, 0.3) is 76.2 Å². The van der Waals surface area contributed by atoms with Gasteiger partial charge in [0.1, 0.15) is 22.7 Å². The molecule has 0 atom stereocenters. The van der Waals surface area contributed by atoms with Crippen LogP contribution in [0.2, 0.25) is 19.6 Å². The Morgan fingerprint density at radius 3 is 1.59 bits per heavy atom. The summed E-state index contributed by atoms with van der Waals surface area (Å²) >= 11 is 0. The molecule has 13 rings (SSSR count). The number of aryl methyl sites for hydroxylation is 1. The number of rotatable bonds is 7. The lowest BCUT2D eigenvalue weighted by Crippen LogP contribution is -2.37. The first-order valence-corrected chi connectivity index (χ1v) is 25.5. The maximum Gasteiger partial charge on any atom is 0.159 e. The first-order valence-electron chi connectivity index (χ1n) is 22.0. The predicted octanol–water partition coefficient (Wildman–Crippen LogP) is 16.8. The maximum absolute atomic E-state index is 7.14. The van der Waals surface area contributed by atoms with Crippen molar-refractivity contribution >= 4 is 124 Å². The molecule has 0 unspecified atom stereocenters. The van der Waals surface area contributed by atoms with Crippen molar-refractivity contribution < 1.29 is 13.6 Å². The fourth-order valence-corrected chi connectivity index (χ4v) is 11.3. The van der Waals surface area contributed by atoms with E-state index in [1.807, 2.05) is 24.3 Å². The number of hydrogen-bond donors (Lipinski definition) is 0. The van der Waals surface area contributed by atoms with Crippen molar-refractivity contribution in [3.63, 3.8) is 0 Å². The van der Waals surface area contributed by atoms with Crippen molar-refractivity contribution in [3.8, 4) is 11.5 Å². The zero-order chi connectivity index (χ0) is 42.8. The summed E-state index contributed by atoms with van der Waals surface area (Å²) in [7, 11) is -1.55. The summed E-state index contributed by atoms with van der Waals surface area (Å²) in [5.74, 6) is 1.66. The van der Waals surface area contributed by atoms with E-state index in [9.17, 15) is 0 Å². The standard InChI is InChI=1S/C58H42N2O3Si/c1-35-22-26-39(27-23-35)60(48-18-10-15-45-43-13-6-8-20-51(43)63-58(45)48)49-33-37-25-24-36-32-40(34-53-54(36)55(37)56-46(49)16-11-21-52(56)61-53)59(38-28-30-41(31-29-38)64(2,3)4)47-17-9-14-44-42-12-5-7-19-50(42)62-57(44)47/h5-34H,1-4H3. The lowest BCUT2D eigenvalue weighted by atomic mass is 9.91. The smallest absolute Gasteiger partial charge is 0.159 e. The van der Waals surface area contributed by atoms with Gasteiger partial charge >= 0.3 is 0 Å². The van der Waals surface area contributed by atoms with Crippen LogP contribution in [0.4, 0.5) is 34.1 Å². The molecule has 0 fully saturated rings. The van der Waals surface area contributed by atoms with E-state index < -0.39 is 8.07 Å². The molecule has 0 radical (unpaired) electrons. The van der Waals surface area contributed by atoms with Gasteiger partial charge in [-0.05, 0) is 84.4 Å². The summed E-state index contributed by atoms with van der Waals surface area (Å²) in [6.07, 6.45) is 0. The van der Waals surface area contributed by atoms with Gasteiger partial charge < -0.3 is 23.4 Å². The number of ether oxygens (including phenoxy) is 1. The van der Waals surface area contributed by atoms with Crippen molar-refractivity contribution in [1.29, 1.82) is 0 Å². The molecule has 0 N–H and O–H groups in total. The van der Waals surface area contributed by atoms with Gasteiger partial charge in [-0.3, -0.25) is 0 Å². The molecule has 0 spiro atoms. The second kappa shape index (κ2) is 13.6. The van der Waals surface area contributed by atoms with Crippen LogP contribution in [0.5, 0.6) is 11.5 Å². The monoisotopic (exact) mass is 842 g/mol. The first kappa shape index (κ1) is 36.8. The minimum Gasteiger partial charge on any atom is -0.456 e. The highest BCUT2D eigenvalue weighted by molar-refractivity contribution is 6.88. The van der Waals surface area contributed by atoms with Gasteiger partial charge in [0.2, 0.25) is 0 Å². The number of anilines is 6. The lowest BCUT2D eigenvalue weighted by molar-refractivity contribution is 0.493. The van der Waals surface area contributed by atoms with Crippen molar-refractivity contribution in [3.05, 3.63) is 188 Å². The van der Waals surface area contributed by atoms with Crippen LogP contribution in [0.15, 0.2) is 191 Å². The molecule has 3 heterocycles. The fraction of sp³-hybridized carbons (Fsp3) is 0.0690. The molecule has 0 aliphatic carbocycles. The highest BCUT2D eigenvalue weighted by atomic mass is 28.3. The molecule has 6 heteroatoms. The number of para-hydroxylation sites is 4. The Labute approximate surface area is 370 Å². The van der Waals surface area contributed by atoms with Crippen LogP contribution in [0.3, 0.4) is 0 Å². The van der Waals surface area contributed by atoms with E-state index in [0.717, 1.165) is 116 Å². The Kier molecular flexibility index (Phi) is 7.82. The zero-order valence-electron chi connectivity index (χ0n) is 35.9. The Bertz CT molecular complexity index is 3880. The SMILES string of the molecule is Cc1ccc(N(c2cc3ccc4cc(N(c5ccc([Si](C)(C)C)cc5)c5cccc6c5oc5ccccc56)cc5c4c3c3c(cccc23)O5)c2cccc3c2oc2ccccc23)cc1. The second-order valence-electron chi connectivity index (χ2n) is 18.2. The third-order valence-electron chi connectivity index (χ3n) is 13.2. The van der Waals surface area contributed by atoms with Crippen LogP contribution in [0, 0.1) is 6.92 Å². The molecule has 0 bridgehead atoms. The number of benzene rings is 10. The maximum atomic E-state index is 7.14. The van der Waals surface area contributed by atoms with Crippen LogP contribution in [0.1, 0.15) is 5.56 Å². The Hall–Kier alpha value is -7.80. The van der Waals surface area contributed by atoms with E-state index in [1.165, 1.54) is 16.1 Å². The minimum atomic E-state index is -1.55. The molecule has 0 saturated carbocycles. The lowest BCUT2D eigenvalue weighted by Gasteiger charge is -2.30. The summed E-state index contributed by atoms with van der Waals surface area (Å²) in [5.41, 5.74) is 10.7. The van der Waals surface area contributed by atoms with E-state index in [2.05, 4.69) is 194 Å². The van der Waals surface area contributed by atoms with Crippen molar-refractivity contribution in [2.45, 2.75) is 26.6 Å². The average molecular weight is 843 g/mol. The Balaban J connectivity index is 1.05. The summed E-state index contributed by atoms with van der Waals surface area (Å²) in [6.45, 7) is 9.31. The molecule has 12 aromatic rings. The van der Waals surface area contributed by atoms with E-state index in [-0.39, 0.29) is 0 Å². The summed E-state index contributed by atoms with van der Waals surface area (Å²) in [6, 6.07) is 65.3. The molecule has 0 saturated heterocycles. The zero-order valence-corrected chi connectivity index (χ0v) is 36.9. The minimum absolute atomic E-state index is 0.828. The normalized spacial score (nSPS) is 12.5. The molecule has 5 nitrogen and oxygen atoms in total. The van der Waals surface area contributed by atoms with Crippen LogP contribution >= 0.6 is 0 Å². The van der Waals surface area contributed by atoms with Crippen LogP contribution in [-0.4, -0.2) is 8.07 Å². The highest BCUT2D eigenvalue weighted by Gasteiger charge is 2.28. The van der Waals surface area contributed by atoms with E-state index in [0.29, 0.717) is 0 Å². The van der Waals surface area contributed by atoms with Gasteiger partial charge in [-0.2, -0.15) is 0 Å². The second-order valence-corrected chi connectivity index (χ2v) is 23.3. The summed E-state index contributed by atoms with van der Waals surface area (Å²) in [4.78, 5) is 4.69. The third kappa shape index (κ3) is 5.49. The third-order valence-corrected chi connectivity index (χ3v) is 15.3. The fourth-order valence-electron chi connectivity index (χ4n) is 10.1. The van der Waals surface area contributed by atoms with Crippen molar-refractivity contribution in [2.75, 3.05) is 9.80 Å². The number of furan rings is 2. The number of hydrogen-bond acceptors (Lipinski definition) is 5. The van der Waals surface area contributed by atoms with Gasteiger partial charge in [-0.15, -0.1) is 0 Å². The van der Waals surface area contributed by atoms with E-state index in [4.69, 9.17) is 13.6 Å². The highest BCUT2D eigenvalue weighted by Crippen LogP contribution is 2.54. The molecule has 2 aromatic heterocycles. The van der Waals surface area contributed by atoms with Gasteiger partial charge in [-0.1, -0.05) is 140 Å². The average Bonchev–Trinajstić information content (AvgIpc) is 3.89. The topological polar surface area (TPSA) is 42.0 Å². The van der Waals surface area contributed by atoms with Gasteiger partial charge in [0, 0.05) is 60.5 Å². The number of fused-ring (bicyclic) bond motifs is 6. The molecule has 306 valence electrons. The van der Waals surface area contributed by atoms with Gasteiger partial charge in [0.25, 0.3) is 0 Å². The molecule has 1 aliphatic heterocycles. The molecular formula is C58H42N2O3Si. The van der Waals surface area contributed by atoms with E-state index in [1.54, 1.807) is 0 Å². The van der Waals surface area contributed by atoms with Gasteiger partial charge in [-0.25, -0.2) is 0 Å². The van der Waals surface area contributed by atoms with Crippen LogP contribution < -0.4 is 19.7 Å². The van der Waals surface area contributed by atoms with Crippen molar-refractivity contribution in [1.82, 2.24) is 0 Å². The van der Waals surface area contributed by atoms with Crippen LogP contribution in [-0.2, 0) is 0 Å². The van der Waals surface area contributed by atoms with Gasteiger partial charge in [0.05, 0.1) is 30.8 Å². The molecular weight excluding hydrogens is 801 g/mol. The quantitative estimate of drug-likeness (QED) is 0.118. The Morgan fingerprint density at radius 2 is 0.938 bits per heavy atom. The first-order chi connectivity index (χ1) is 31.3.